The number of nitrogens with two attached hydrogens (primary N) is 1. The smallest absolute Gasteiger partial charge is 0.241 e. The van der Waals surface area contributed by atoms with Crippen LogP contribution in [0, 0.1) is 0 Å². The third kappa shape index (κ3) is 5.23. The van der Waals surface area contributed by atoms with Gasteiger partial charge in [0.05, 0.1) is 16.7 Å². The standard InChI is InChI=1S/C18H20N2O4S/c1-13(21)14-7-9-16(10-8-14)25(23,24)12-11-17(19)18(22)20-15-5-3-2-4-6-15/h2-10,17H,11-12,19H2,1H3,(H,20,22). The summed E-state index contributed by atoms with van der Waals surface area (Å²) in [6.07, 6.45) is -0.00450. The highest BCUT2D eigenvalue weighted by Gasteiger charge is 2.20. The van der Waals surface area contributed by atoms with E-state index in [9.17, 15) is 18.0 Å². The van der Waals surface area contributed by atoms with Crippen molar-refractivity contribution >= 4 is 27.2 Å². The maximum atomic E-state index is 12.3. The van der Waals surface area contributed by atoms with Crippen molar-refractivity contribution in [1.82, 2.24) is 0 Å². The van der Waals surface area contributed by atoms with Gasteiger partial charge in [-0.25, -0.2) is 8.42 Å². The minimum atomic E-state index is -3.58. The first-order valence-electron chi connectivity index (χ1n) is 7.75. The molecule has 2 aromatic rings. The first kappa shape index (κ1) is 18.8. The molecule has 0 saturated heterocycles. The summed E-state index contributed by atoms with van der Waals surface area (Å²) in [5.74, 6) is -0.827. The van der Waals surface area contributed by atoms with E-state index in [0.717, 1.165) is 0 Å². The second kappa shape index (κ2) is 8.04. The van der Waals surface area contributed by atoms with Crippen LogP contribution in [0.15, 0.2) is 59.5 Å². The minimum Gasteiger partial charge on any atom is -0.325 e. The first-order valence-corrected chi connectivity index (χ1v) is 9.40. The quantitative estimate of drug-likeness (QED) is 0.735. The number of hydrogen-bond donors (Lipinski definition) is 2. The van der Waals surface area contributed by atoms with E-state index < -0.39 is 21.8 Å². The molecule has 2 rings (SSSR count). The molecule has 0 bridgehead atoms. The van der Waals surface area contributed by atoms with Gasteiger partial charge in [-0.2, -0.15) is 0 Å². The van der Waals surface area contributed by atoms with Crippen LogP contribution in [-0.4, -0.2) is 31.9 Å². The molecule has 1 atom stereocenters. The van der Waals surface area contributed by atoms with Crippen molar-refractivity contribution in [2.75, 3.05) is 11.1 Å². The van der Waals surface area contributed by atoms with E-state index in [1.165, 1.54) is 31.2 Å². The fourth-order valence-electron chi connectivity index (χ4n) is 2.18. The van der Waals surface area contributed by atoms with Crippen molar-refractivity contribution in [2.24, 2.45) is 5.73 Å². The average molecular weight is 360 g/mol. The van der Waals surface area contributed by atoms with Gasteiger partial charge in [0, 0.05) is 11.3 Å². The molecule has 0 aliphatic carbocycles. The Kier molecular flexibility index (Phi) is 6.06. The molecule has 0 radical (unpaired) electrons. The third-order valence-electron chi connectivity index (χ3n) is 3.70. The van der Waals surface area contributed by atoms with Crippen LogP contribution in [0.4, 0.5) is 5.69 Å². The van der Waals surface area contributed by atoms with Crippen molar-refractivity contribution in [1.29, 1.82) is 0 Å². The summed E-state index contributed by atoms with van der Waals surface area (Å²) in [7, 11) is -3.58. The number of sulfone groups is 1. The zero-order chi connectivity index (χ0) is 18.4. The molecule has 0 aromatic heterocycles. The van der Waals surface area contributed by atoms with Crippen molar-refractivity contribution in [3.05, 3.63) is 60.2 Å². The molecule has 1 amide bonds. The summed E-state index contributed by atoms with van der Waals surface area (Å²) in [6.45, 7) is 1.41. The fraction of sp³-hybridized carbons (Fsp3) is 0.222. The van der Waals surface area contributed by atoms with Crippen LogP contribution in [0.1, 0.15) is 23.7 Å². The van der Waals surface area contributed by atoms with Gasteiger partial charge in [0.2, 0.25) is 5.91 Å². The van der Waals surface area contributed by atoms with Crippen LogP contribution in [0.3, 0.4) is 0 Å². The van der Waals surface area contributed by atoms with Crippen LogP contribution < -0.4 is 11.1 Å². The molecule has 25 heavy (non-hydrogen) atoms. The van der Waals surface area contributed by atoms with Gasteiger partial charge in [-0.15, -0.1) is 0 Å². The maximum absolute atomic E-state index is 12.3. The summed E-state index contributed by atoms with van der Waals surface area (Å²) < 4.78 is 24.7. The fourth-order valence-corrected chi connectivity index (χ4v) is 3.54. The lowest BCUT2D eigenvalue weighted by Crippen LogP contribution is -2.37. The Labute approximate surface area is 147 Å². The summed E-state index contributed by atoms with van der Waals surface area (Å²) >= 11 is 0. The highest BCUT2D eigenvalue weighted by atomic mass is 32.2. The number of para-hydroxylation sites is 1. The molecule has 0 heterocycles. The number of hydrogen-bond acceptors (Lipinski definition) is 5. The summed E-state index contributed by atoms with van der Waals surface area (Å²) in [5, 5.41) is 2.64. The maximum Gasteiger partial charge on any atom is 0.241 e. The van der Waals surface area contributed by atoms with E-state index in [0.29, 0.717) is 11.3 Å². The minimum absolute atomic E-state index is 0.00450. The monoisotopic (exact) mass is 360 g/mol. The van der Waals surface area contributed by atoms with E-state index >= 15 is 0 Å². The molecule has 132 valence electrons. The first-order chi connectivity index (χ1) is 11.8. The Morgan fingerprint density at radius 3 is 2.20 bits per heavy atom. The molecule has 2 aromatic carbocycles. The van der Waals surface area contributed by atoms with Gasteiger partial charge in [0.25, 0.3) is 0 Å². The molecule has 0 spiro atoms. The van der Waals surface area contributed by atoms with Crippen molar-refractivity contribution in [3.63, 3.8) is 0 Å². The lowest BCUT2D eigenvalue weighted by Gasteiger charge is -2.12. The predicted molar refractivity (Wildman–Crippen MR) is 96.2 cm³/mol. The molecule has 3 N–H and O–H groups in total. The molecular formula is C18H20N2O4S. The number of nitrogens with one attached hydrogen (secondary N) is 1. The van der Waals surface area contributed by atoms with E-state index in [1.54, 1.807) is 24.3 Å². The predicted octanol–water partition coefficient (Wildman–Crippen LogP) is 2.02. The molecule has 0 aliphatic heterocycles. The zero-order valence-corrected chi connectivity index (χ0v) is 14.6. The van der Waals surface area contributed by atoms with Crippen LogP contribution in [0.25, 0.3) is 0 Å². The van der Waals surface area contributed by atoms with Crippen LogP contribution >= 0.6 is 0 Å². The Balaban J connectivity index is 1.96. The summed E-state index contributed by atoms with van der Waals surface area (Å²) in [4.78, 5) is 23.4. The largest absolute Gasteiger partial charge is 0.325 e. The number of benzene rings is 2. The number of ketones is 1. The molecule has 6 nitrogen and oxygen atoms in total. The number of carbonyl (C=O) groups excluding carboxylic acids is 2. The highest BCUT2D eigenvalue weighted by Crippen LogP contribution is 2.15. The van der Waals surface area contributed by atoms with E-state index in [-0.39, 0.29) is 22.9 Å². The average Bonchev–Trinajstić information content (AvgIpc) is 2.60. The van der Waals surface area contributed by atoms with E-state index in [2.05, 4.69) is 5.32 Å². The zero-order valence-electron chi connectivity index (χ0n) is 13.8. The molecule has 7 heteroatoms. The second-order valence-corrected chi connectivity index (χ2v) is 7.76. The summed E-state index contributed by atoms with van der Waals surface area (Å²) in [6, 6.07) is 13.6. The van der Waals surface area contributed by atoms with Gasteiger partial charge in [-0.1, -0.05) is 30.3 Å². The van der Waals surface area contributed by atoms with Gasteiger partial charge in [0.1, 0.15) is 0 Å². The summed E-state index contributed by atoms with van der Waals surface area (Å²) in [5.41, 5.74) is 6.84. The van der Waals surface area contributed by atoms with Crippen LogP contribution in [0.5, 0.6) is 0 Å². The van der Waals surface area contributed by atoms with Crippen molar-refractivity contribution in [3.8, 4) is 0 Å². The second-order valence-electron chi connectivity index (χ2n) is 5.65. The van der Waals surface area contributed by atoms with Gasteiger partial charge < -0.3 is 11.1 Å². The molecule has 0 fully saturated rings. The SMILES string of the molecule is CC(=O)c1ccc(S(=O)(=O)CCC(N)C(=O)Nc2ccccc2)cc1. The number of anilines is 1. The highest BCUT2D eigenvalue weighted by molar-refractivity contribution is 7.91. The lowest BCUT2D eigenvalue weighted by atomic mass is 10.2. The van der Waals surface area contributed by atoms with Gasteiger partial charge in [0.15, 0.2) is 15.6 Å². The van der Waals surface area contributed by atoms with Gasteiger partial charge >= 0.3 is 0 Å². The number of rotatable bonds is 7. The van der Waals surface area contributed by atoms with Gasteiger partial charge in [-0.05, 0) is 37.6 Å². The third-order valence-corrected chi connectivity index (χ3v) is 5.46. The number of amides is 1. The van der Waals surface area contributed by atoms with Crippen molar-refractivity contribution < 1.29 is 18.0 Å². The Morgan fingerprint density at radius 2 is 1.64 bits per heavy atom. The normalized spacial score (nSPS) is 12.4. The molecule has 0 saturated carbocycles. The number of carbonyl (C=O) groups is 2. The van der Waals surface area contributed by atoms with Crippen LogP contribution in [-0.2, 0) is 14.6 Å². The molecule has 1 unspecified atom stereocenters. The Morgan fingerprint density at radius 1 is 1.04 bits per heavy atom. The van der Waals surface area contributed by atoms with E-state index in [4.69, 9.17) is 5.73 Å². The van der Waals surface area contributed by atoms with Gasteiger partial charge in [-0.3, -0.25) is 9.59 Å². The lowest BCUT2D eigenvalue weighted by molar-refractivity contribution is -0.117. The van der Waals surface area contributed by atoms with Crippen LogP contribution in [0.2, 0.25) is 0 Å². The Hall–Kier alpha value is -2.51. The molecule has 0 aliphatic rings. The molecular weight excluding hydrogens is 340 g/mol. The van der Waals surface area contributed by atoms with E-state index in [1.807, 2.05) is 6.07 Å². The topological polar surface area (TPSA) is 106 Å². The van der Waals surface area contributed by atoms with Crippen molar-refractivity contribution in [2.45, 2.75) is 24.3 Å². The Bertz CT molecular complexity index is 846. The number of Topliss-reactive ketones (excluding diaryl/α,β-unsaturated/α-hetero) is 1.